The van der Waals surface area contributed by atoms with Crippen molar-refractivity contribution in [2.45, 2.75) is 96.7 Å². The molecule has 1 heterocycles. The van der Waals surface area contributed by atoms with Gasteiger partial charge < -0.3 is 14.9 Å². The van der Waals surface area contributed by atoms with E-state index in [1.54, 1.807) is 48.5 Å². The number of ketones is 1. The van der Waals surface area contributed by atoms with Crippen molar-refractivity contribution in [1.29, 1.82) is 0 Å². The van der Waals surface area contributed by atoms with Gasteiger partial charge in [0.05, 0.1) is 5.92 Å². The lowest BCUT2D eigenvalue weighted by Crippen LogP contribution is -2.60. The first-order valence-electron chi connectivity index (χ1n) is 8.96. The zero-order chi connectivity index (χ0) is 19.7. The summed E-state index contributed by atoms with van der Waals surface area (Å²) in [6, 6.07) is 0. The summed E-state index contributed by atoms with van der Waals surface area (Å²) in [4.78, 5) is 35.6. The van der Waals surface area contributed by atoms with Crippen molar-refractivity contribution < 1.29 is 34.3 Å². The smallest absolute Gasteiger partial charge is 0.339 e. The van der Waals surface area contributed by atoms with Crippen molar-refractivity contribution in [3.05, 3.63) is 0 Å². The van der Waals surface area contributed by atoms with Crippen LogP contribution in [-0.4, -0.2) is 44.6 Å². The Morgan fingerprint density at radius 3 is 1.84 bits per heavy atom. The van der Waals surface area contributed by atoms with Gasteiger partial charge in [-0.3, -0.25) is 4.79 Å². The highest BCUT2D eigenvalue weighted by Crippen LogP contribution is 2.48. The van der Waals surface area contributed by atoms with Gasteiger partial charge in [-0.25, -0.2) is 4.79 Å². The minimum absolute atomic E-state index is 0.0210. The molecule has 25 heavy (non-hydrogen) atoms. The van der Waals surface area contributed by atoms with Crippen LogP contribution in [0, 0.1) is 5.92 Å². The standard InChI is InChI=1S/C18H32O7/c1-8-12(16(21,9-2)14(20)23-15(5,6)7)13(19)17(22,10-3)18(11-4)24-25-18/h12,21-22H,8-11H2,1-7H3. The number of hydrogen-bond acceptors (Lipinski definition) is 7. The molecule has 1 fully saturated rings. The molecule has 1 aliphatic heterocycles. The van der Waals surface area contributed by atoms with Crippen molar-refractivity contribution in [1.82, 2.24) is 0 Å². The molecule has 3 unspecified atom stereocenters. The van der Waals surface area contributed by atoms with E-state index in [0.29, 0.717) is 0 Å². The maximum absolute atomic E-state index is 13.2. The van der Waals surface area contributed by atoms with E-state index in [4.69, 9.17) is 14.5 Å². The minimum atomic E-state index is -2.04. The van der Waals surface area contributed by atoms with Crippen LogP contribution in [-0.2, 0) is 24.1 Å². The van der Waals surface area contributed by atoms with Crippen molar-refractivity contribution in [2.75, 3.05) is 0 Å². The van der Waals surface area contributed by atoms with E-state index >= 15 is 0 Å². The van der Waals surface area contributed by atoms with Gasteiger partial charge in [-0.1, -0.05) is 27.7 Å². The molecule has 3 atom stereocenters. The molecule has 0 aromatic heterocycles. The summed E-state index contributed by atoms with van der Waals surface area (Å²) in [6.07, 6.45) is 0.429. The molecule has 0 bridgehead atoms. The predicted octanol–water partition coefficient (Wildman–Crippen LogP) is 2.27. The molecule has 0 spiro atoms. The fourth-order valence-electron chi connectivity index (χ4n) is 3.16. The number of carbonyl (C=O) groups is 2. The highest BCUT2D eigenvalue weighted by atomic mass is 17.4. The Bertz CT molecular complexity index is 506. The van der Waals surface area contributed by atoms with Crippen LogP contribution >= 0.6 is 0 Å². The highest BCUT2D eigenvalue weighted by Gasteiger charge is 2.69. The Hall–Kier alpha value is -1.02. The quantitative estimate of drug-likeness (QED) is 0.369. The molecular weight excluding hydrogens is 328 g/mol. The van der Waals surface area contributed by atoms with E-state index in [9.17, 15) is 19.8 Å². The lowest BCUT2D eigenvalue weighted by atomic mass is 9.71. The normalized spacial score (nSPS) is 22.4. The van der Waals surface area contributed by atoms with Gasteiger partial charge in [0.15, 0.2) is 17.0 Å². The van der Waals surface area contributed by atoms with E-state index in [1.807, 2.05) is 0 Å². The van der Waals surface area contributed by atoms with Crippen LogP contribution in [0.3, 0.4) is 0 Å². The summed E-state index contributed by atoms with van der Waals surface area (Å²) in [5.74, 6) is -4.11. The number of ether oxygens (including phenoxy) is 1. The van der Waals surface area contributed by atoms with Crippen molar-refractivity contribution in [2.24, 2.45) is 5.92 Å². The van der Waals surface area contributed by atoms with Crippen LogP contribution in [0.15, 0.2) is 0 Å². The average molecular weight is 360 g/mol. The van der Waals surface area contributed by atoms with E-state index in [1.165, 1.54) is 0 Å². The number of carbonyl (C=O) groups excluding carboxylic acids is 2. The minimum Gasteiger partial charge on any atom is -0.458 e. The first-order valence-corrected chi connectivity index (χ1v) is 8.96. The molecule has 0 aromatic carbocycles. The van der Waals surface area contributed by atoms with Gasteiger partial charge in [-0.2, -0.15) is 9.78 Å². The van der Waals surface area contributed by atoms with Gasteiger partial charge >= 0.3 is 5.97 Å². The molecular formula is C18H32O7. The molecule has 2 N–H and O–H groups in total. The largest absolute Gasteiger partial charge is 0.458 e. The van der Waals surface area contributed by atoms with Crippen molar-refractivity contribution in [3.63, 3.8) is 0 Å². The first kappa shape index (κ1) is 22.0. The highest BCUT2D eigenvalue weighted by molar-refractivity contribution is 5.96. The summed E-state index contributed by atoms with van der Waals surface area (Å²) >= 11 is 0. The second-order valence-electron chi connectivity index (χ2n) is 7.59. The van der Waals surface area contributed by atoms with Gasteiger partial charge in [-0.15, -0.1) is 0 Å². The first-order chi connectivity index (χ1) is 11.4. The molecule has 1 saturated heterocycles. The van der Waals surface area contributed by atoms with E-state index < -0.39 is 40.3 Å². The fourth-order valence-corrected chi connectivity index (χ4v) is 3.16. The second kappa shape index (κ2) is 7.31. The monoisotopic (exact) mass is 360 g/mol. The SMILES string of the molecule is CCC(C(=O)C(O)(CC)C1(CC)OO1)C(O)(CC)C(=O)OC(C)(C)C. The lowest BCUT2D eigenvalue weighted by molar-refractivity contribution is -0.190. The average Bonchev–Trinajstić information content (AvgIpc) is 3.34. The zero-order valence-electron chi connectivity index (χ0n) is 16.3. The van der Waals surface area contributed by atoms with Gasteiger partial charge in [0, 0.05) is 6.42 Å². The van der Waals surface area contributed by atoms with Crippen LogP contribution in [0.1, 0.15) is 74.1 Å². The van der Waals surface area contributed by atoms with Gasteiger partial charge in [0.25, 0.3) is 5.79 Å². The van der Waals surface area contributed by atoms with E-state index in [0.717, 1.165) is 0 Å². The van der Waals surface area contributed by atoms with Gasteiger partial charge in [0.2, 0.25) is 0 Å². The van der Waals surface area contributed by atoms with E-state index in [2.05, 4.69) is 0 Å². The van der Waals surface area contributed by atoms with Gasteiger partial charge in [0.1, 0.15) is 5.60 Å². The molecule has 1 aliphatic rings. The van der Waals surface area contributed by atoms with Crippen LogP contribution < -0.4 is 0 Å². The summed E-state index contributed by atoms with van der Waals surface area (Å²) in [6.45, 7) is 11.7. The van der Waals surface area contributed by atoms with Crippen LogP contribution in [0.5, 0.6) is 0 Å². The Labute approximate surface area is 149 Å². The maximum atomic E-state index is 13.2. The summed E-state index contributed by atoms with van der Waals surface area (Å²) in [5, 5.41) is 22.0. The molecule has 0 amide bonds. The second-order valence-corrected chi connectivity index (χ2v) is 7.59. The van der Waals surface area contributed by atoms with Gasteiger partial charge in [-0.05, 0) is 40.0 Å². The molecule has 0 saturated carbocycles. The molecule has 1 rings (SSSR count). The maximum Gasteiger partial charge on any atom is 0.339 e. The number of rotatable bonds is 9. The third-order valence-electron chi connectivity index (χ3n) is 4.89. The Morgan fingerprint density at radius 1 is 1.04 bits per heavy atom. The predicted molar refractivity (Wildman–Crippen MR) is 90.3 cm³/mol. The Balaban J connectivity index is 3.24. The van der Waals surface area contributed by atoms with Crippen molar-refractivity contribution in [3.8, 4) is 0 Å². The number of esters is 1. The zero-order valence-corrected chi connectivity index (χ0v) is 16.3. The van der Waals surface area contributed by atoms with Crippen LogP contribution in [0.25, 0.3) is 0 Å². The number of hydrogen-bond donors (Lipinski definition) is 2. The Morgan fingerprint density at radius 2 is 1.56 bits per heavy atom. The third kappa shape index (κ3) is 3.89. The lowest BCUT2D eigenvalue weighted by Gasteiger charge is -2.38. The van der Waals surface area contributed by atoms with E-state index in [-0.39, 0.29) is 25.7 Å². The molecule has 7 heteroatoms. The fraction of sp³-hybridized carbons (Fsp3) is 0.889. The molecule has 146 valence electrons. The summed E-state index contributed by atoms with van der Waals surface area (Å²) < 4.78 is 5.32. The topological polar surface area (TPSA) is 109 Å². The molecule has 0 aliphatic carbocycles. The number of aliphatic hydroxyl groups is 2. The molecule has 7 nitrogen and oxygen atoms in total. The van der Waals surface area contributed by atoms with Crippen LogP contribution in [0.4, 0.5) is 0 Å². The summed E-state index contributed by atoms with van der Waals surface area (Å²) in [7, 11) is 0. The number of Topliss-reactive ketones (excluding diaryl/α,β-unsaturated/α-hetero) is 1. The molecule has 0 radical (unpaired) electrons. The molecule has 0 aromatic rings. The Kier molecular flexibility index (Phi) is 6.44. The summed E-state index contributed by atoms with van der Waals surface area (Å²) in [5.41, 5.74) is -4.80. The van der Waals surface area contributed by atoms with Crippen molar-refractivity contribution >= 4 is 11.8 Å². The van der Waals surface area contributed by atoms with Crippen LogP contribution in [0.2, 0.25) is 0 Å². The third-order valence-corrected chi connectivity index (χ3v) is 4.89.